The minimum atomic E-state index is -3.73. The van der Waals surface area contributed by atoms with Gasteiger partial charge in [0.05, 0.1) is 28.7 Å². The maximum absolute atomic E-state index is 12.7. The minimum Gasteiger partial charge on any atom is -0.354 e. The number of pyridine rings is 1. The Balaban J connectivity index is 0.00000342. The van der Waals surface area contributed by atoms with E-state index < -0.39 is 15.9 Å². The average molecular weight is 557 g/mol. The molecule has 1 N–H and O–H groups in total. The number of nitrogens with one attached hydrogen (secondary N) is 1. The zero-order valence-corrected chi connectivity index (χ0v) is 22.4. The Labute approximate surface area is 217 Å². The molecule has 0 bridgehead atoms. The van der Waals surface area contributed by atoms with Crippen LogP contribution in [-0.2, 0) is 14.8 Å². The van der Waals surface area contributed by atoms with Gasteiger partial charge in [0.25, 0.3) is 0 Å². The molecule has 8 heteroatoms. The van der Waals surface area contributed by atoms with E-state index in [-0.39, 0.29) is 23.4 Å². The summed E-state index contributed by atoms with van der Waals surface area (Å²) in [5, 5.41) is 5.46. The van der Waals surface area contributed by atoms with E-state index in [0.29, 0.717) is 12.1 Å². The minimum absolute atomic E-state index is 0. The predicted octanol–water partition coefficient (Wildman–Crippen LogP) is 6.97. The largest absolute Gasteiger partial charge is 0.354 e. The zero-order valence-electron chi connectivity index (χ0n) is 19.9. The SMILES string of the molecule is Br.CCCCCCC(=O)N(c1ccc(Nc2c3ccccc3nc3ccccc23)cc1)S(C)(=O)=O. The van der Waals surface area contributed by atoms with Crippen LogP contribution in [0.5, 0.6) is 0 Å². The maximum Gasteiger partial charge on any atom is 0.240 e. The molecule has 1 amide bonds. The molecule has 4 rings (SSSR count). The number of carbonyl (C=O) groups excluding carboxylic acids is 1. The number of sulfonamides is 1. The molecule has 0 saturated carbocycles. The topological polar surface area (TPSA) is 79.4 Å². The highest BCUT2D eigenvalue weighted by Gasteiger charge is 2.24. The van der Waals surface area contributed by atoms with Gasteiger partial charge < -0.3 is 5.32 Å². The smallest absolute Gasteiger partial charge is 0.240 e. The summed E-state index contributed by atoms with van der Waals surface area (Å²) in [6.45, 7) is 2.10. The highest BCUT2D eigenvalue weighted by molar-refractivity contribution is 8.93. The molecule has 1 heterocycles. The number of fused-ring (bicyclic) bond motifs is 2. The molecular formula is C27H30BrN3O3S. The summed E-state index contributed by atoms with van der Waals surface area (Å²) in [6, 6.07) is 22.8. The van der Waals surface area contributed by atoms with Gasteiger partial charge in [-0.1, -0.05) is 62.6 Å². The van der Waals surface area contributed by atoms with E-state index in [1.165, 1.54) is 0 Å². The highest BCUT2D eigenvalue weighted by Crippen LogP contribution is 2.33. The first kappa shape index (κ1) is 26.6. The fourth-order valence-electron chi connectivity index (χ4n) is 4.12. The van der Waals surface area contributed by atoms with Gasteiger partial charge in [-0.05, 0) is 42.8 Å². The summed E-state index contributed by atoms with van der Waals surface area (Å²) >= 11 is 0. The van der Waals surface area contributed by atoms with E-state index in [0.717, 1.165) is 63.0 Å². The summed E-state index contributed by atoms with van der Waals surface area (Å²) in [6.07, 6.45) is 4.96. The lowest BCUT2D eigenvalue weighted by Crippen LogP contribution is -2.36. The summed E-state index contributed by atoms with van der Waals surface area (Å²) in [5.41, 5.74) is 3.84. The molecule has 3 aromatic carbocycles. The molecule has 1 aromatic heterocycles. The van der Waals surface area contributed by atoms with Crippen molar-refractivity contribution in [3.8, 4) is 0 Å². The lowest BCUT2D eigenvalue weighted by atomic mass is 10.1. The van der Waals surface area contributed by atoms with E-state index in [1.54, 1.807) is 24.3 Å². The van der Waals surface area contributed by atoms with E-state index in [2.05, 4.69) is 12.2 Å². The molecule has 0 radical (unpaired) electrons. The van der Waals surface area contributed by atoms with Crippen LogP contribution in [0.25, 0.3) is 21.8 Å². The van der Waals surface area contributed by atoms with Crippen molar-refractivity contribution in [1.82, 2.24) is 4.98 Å². The van der Waals surface area contributed by atoms with Crippen molar-refractivity contribution in [2.45, 2.75) is 39.0 Å². The van der Waals surface area contributed by atoms with Crippen LogP contribution in [0.2, 0.25) is 0 Å². The molecule has 0 unspecified atom stereocenters. The maximum atomic E-state index is 12.7. The number of rotatable bonds is 9. The Hall–Kier alpha value is -2.97. The number of para-hydroxylation sites is 2. The molecule has 184 valence electrons. The standard InChI is InChI=1S/C27H29N3O3S.BrH/c1-3-4-5-6-15-26(31)30(34(2,32)33)21-18-16-20(17-19-21)28-27-22-11-7-9-13-24(22)29-25-14-10-8-12-23(25)27;/h7-14,16-19H,3-6,15H2,1-2H3,(H,28,29);1H. The van der Waals surface area contributed by atoms with E-state index in [1.807, 2.05) is 48.5 Å². The lowest BCUT2D eigenvalue weighted by molar-refractivity contribution is -0.117. The fraction of sp³-hybridized carbons (Fsp3) is 0.259. The van der Waals surface area contributed by atoms with E-state index in [4.69, 9.17) is 4.98 Å². The second kappa shape index (κ2) is 11.6. The third kappa shape index (κ3) is 6.18. The molecule has 0 atom stereocenters. The van der Waals surface area contributed by atoms with Crippen LogP contribution in [0.3, 0.4) is 0 Å². The number of hydrogen-bond acceptors (Lipinski definition) is 5. The van der Waals surface area contributed by atoms with Crippen molar-refractivity contribution in [3.05, 3.63) is 72.8 Å². The molecule has 0 aliphatic heterocycles. The van der Waals surface area contributed by atoms with Crippen LogP contribution in [0, 0.1) is 0 Å². The van der Waals surface area contributed by atoms with Crippen LogP contribution >= 0.6 is 17.0 Å². The molecule has 0 aliphatic rings. The first-order valence-electron chi connectivity index (χ1n) is 11.6. The normalized spacial score (nSPS) is 11.3. The average Bonchev–Trinajstić information content (AvgIpc) is 2.82. The van der Waals surface area contributed by atoms with Gasteiger partial charge in [-0.2, -0.15) is 0 Å². The number of carbonyl (C=O) groups is 1. The number of nitrogens with zero attached hydrogens (tertiary/aromatic N) is 2. The van der Waals surface area contributed by atoms with Gasteiger partial charge in [0.1, 0.15) is 0 Å². The molecule has 6 nitrogen and oxygen atoms in total. The number of benzene rings is 3. The zero-order chi connectivity index (χ0) is 24.1. The van der Waals surface area contributed by atoms with Gasteiger partial charge in [0.15, 0.2) is 0 Å². The number of anilines is 3. The fourth-order valence-corrected chi connectivity index (χ4v) is 5.09. The van der Waals surface area contributed by atoms with Crippen LogP contribution < -0.4 is 9.62 Å². The Morgan fingerprint density at radius 1 is 0.857 bits per heavy atom. The third-order valence-corrected chi connectivity index (χ3v) is 6.84. The van der Waals surface area contributed by atoms with Crippen LogP contribution in [0.15, 0.2) is 72.8 Å². The Bertz CT molecular complexity index is 1370. The van der Waals surface area contributed by atoms with E-state index in [9.17, 15) is 13.2 Å². The summed E-state index contributed by atoms with van der Waals surface area (Å²) in [5.74, 6) is -0.398. The third-order valence-electron chi connectivity index (χ3n) is 5.76. The molecule has 0 fully saturated rings. The van der Waals surface area contributed by atoms with Gasteiger partial charge in [-0.3, -0.25) is 4.79 Å². The Morgan fingerprint density at radius 2 is 1.43 bits per heavy atom. The summed E-state index contributed by atoms with van der Waals surface area (Å²) < 4.78 is 25.7. The molecular weight excluding hydrogens is 526 g/mol. The first-order chi connectivity index (χ1) is 16.4. The number of aromatic nitrogens is 1. The Morgan fingerprint density at radius 3 is 1.97 bits per heavy atom. The summed E-state index contributed by atoms with van der Waals surface area (Å²) in [4.78, 5) is 17.5. The van der Waals surface area contributed by atoms with Crippen molar-refractivity contribution in [2.24, 2.45) is 0 Å². The second-order valence-electron chi connectivity index (χ2n) is 8.42. The van der Waals surface area contributed by atoms with Gasteiger partial charge in [-0.15, -0.1) is 17.0 Å². The van der Waals surface area contributed by atoms with Gasteiger partial charge in [0.2, 0.25) is 15.9 Å². The predicted molar refractivity (Wildman–Crippen MR) is 150 cm³/mol. The number of hydrogen-bond donors (Lipinski definition) is 1. The summed E-state index contributed by atoms with van der Waals surface area (Å²) in [7, 11) is -3.73. The molecule has 35 heavy (non-hydrogen) atoms. The van der Waals surface area contributed by atoms with Crippen LogP contribution in [0.1, 0.15) is 39.0 Å². The van der Waals surface area contributed by atoms with Crippen molar-refractivity contribution in [3.63, 3.8) is 0 Å². The number of amides is 1. The first-order valence-corrected chi connectivity index (χ1v) is 13.4. The van der Waals surface area contributed by atoms with Gasteiger partial charge in [0, 0.05) is 22.9 Å². The number of halogens is 1. The molecule has 0 saturated heterocycles. The second-order valence-corrected chi connectivity index (χ2v) is 10.3. The van der Waals surface area contributed by atoms with Crippen molar-refractivity contribution < 1.29 is 13.2 Å². The van der Waals surface area contributed by atoms with Crippen LogP contribution in [0.4, 0.5) is 17.1 Å². The van der Waals surface area contributed by atoms with Gasteiger partial charge >= 0.3 is 0 Å². The highest BCUT2D eigenvalue weighted by atomic mass is 79.9. The van der Waals surface area contributed by atoms with Crippen LogP contribution in [-0.4, -0.2) is 25.6 Å². The van der Waals surface area contributed by atoms with Crippen molar-refractivity contribution >= 4 is 71.8 Å². The molecule has 4 aromatic rings. The van der Waals surface area contributed by atoms with E-state index >= 15 is 0 Å². The molecule has 0 spiro atoms. The van der Waals surface area contributed by atoms with Crippen molar-refractivity contribution in [1.29, 1.82) is 0 Å². The van der Waals surface area contributed by atoms with Gasteiger partial charge in [-0.25, -0.2) is 17.7 Å². The monoisotopic (exact) mass is 555 g/mol. The van der Waals surface area contributed by atoms with Crippen molar-refractivity contribution in [2.75, 3.05) is 15.9 Å². The molecule has 0 aliphatic carbocycles. The Kier molecular flexibility index (Phi) is 8.86. The lowest BCUT2D eigenvalue weighted by Gasteiger charge is -2.21. The quantitative estimate of drug-likeness (QED) is 0.178. The number of unbranched alkanes of at least 4 members (excludes halogenated alkanes) is 3.